The molecule has 3 N–H and O–H groups in total. The molecule has 31 heavy (non-hydrogen) atoms. The highest BCUT2D eigenvalue weighted by Crippen LogP contribution is 2.40. The van der Waals surface area contributed by atoms with Gasteiger partial charge < -0.3 is 15.4 Å². The molecule has 2 aromatic carbocycles. The molecule has 0 aliphatic carbocycles. The van der Waals surface area contributed by atoms with Crippen molar-refractivity contribution in [3.63, 3.8) is 0 Å². The molecule has 2 atom stereocenters. The minimum Gasteiger partial charge on any atom is -0.497 e. The molecular formula is C23H22N4O3S. The molecule has 3 heterocycles. The fraction of sp³-hybridized carbons (Fsp3) is 0.217. The van der Waals surface area contributed by atoms with Gasteiger partial charge in [-0.1, -0.05) is 6.07 Å². The largest absolute Gasteiger partial charge is 0.497 e. The second-order valence-electron chi connectivity index (χ2n) is 7.53. The number of rotatable bonds is 5. The van der Waals surface area contributed by atoms with Crippen LogP contribution < -0.4 is 25.8 Å². The molecular weight excluding hydrogens is 412 g/mol. The van der Waals surface area contributed by atoms with E-state index >= 15 is 0 Å². The number of hydrogen-bond donors (Lipinski definition) is 3. The lowest BCUT2D eigenvalue weighted by Gasteiger charge is -2.27. The Morgan fingerprint density at radius 1 is 1.23 bits per heavy atom. The van der Waals surface area contributed by atoms with Crippen LogP contribution >= 0.6 is 11.3 Å². The van der Waals surface area contributed by atoms with E-state index in [9.17, 15) is 9.59 Å². The topological polar surface area (TPSA) is 82.7 Å². The standard InChI is InChI=1S/C23H22N4O3S/c1-30-16-7-5-15(6-8-16)27-23(29)19-13-24-20-9-4-14(11-18(20)21(19)26-27)22(28)25-12-17-3-2-10-31-17/h2-11,19,21,24,26H,12-13H2,1H3,(H,25,28). The fourth-order valence-electron chi connectivity index (χ4n) is 4.05. The van der Waals surface area contributed by atoms with Gasteiger partial charge in [-0.15, -0.1) is 11.3 Å². The van der Waals surface area contributed by atoms with Crippen LogP contribution in [0.25, 0.3) is 0 Å². The van der Waals surface area contributed by atoms with Gasteiger partial charge in [0.05, 0.1) is 31.3 Å². The van der Waals surface area contributed by atoms with E-state index in [1.165, 1.54) is 0 Å². The summed E-state index contributed by atoms with van der Waals surface area (Å²) in [4.78, 5) is 26.9. The van der Waals surface area contributed by atoms with E-state index in [1.807, 2.05) is 60.0 Å². The molecule has 158 valence electrons. The van der Waals surface area contributed by atoms with Crippen LogP contribution in [0.2, 0.25) is 0 Å². The number of anilines is 2. The van der Waals surface area contributed by atoms with E-state index in [4.69, 9.17) is 4.74 Å². The van der Waals surface area contributed by atoms with Crippen molar-refractivity contribution in [1.82, 2.24) is 10.7 Å². The van der Waals surface area contributed by atoms with E-state index < -0.39 is 0 Å². The summed E-state index contributed by atoms with van der Waals surface area (Å²) in [5.41, 5.74) is 6.54. The van der Waals surface area contributed by atoms with Crippen LogP contribution in [0.3, 0.4) is 0 Å². The first kappa shape index (κ1) is 19.6. The highest BCUT2D eigenvalue weighted by Gasteiger charge is 2.44. The van der Waals surface area contributed by atoms with Crippen molar-refractivity contribution in [1.29, 1.82) is 0 Å². The first-order valence-electron chi connectivity index (χ1n) is 10.1. The van der Waals surface area contributed by atoms with Crippen LogP contribution in [0.4, 0.5) is 11.4 Å². The van der Waals surface area contributed by atoms with Gasteiger partial charge in [0.2, 0.25) is 5.91 Å². The molecule has 7 nitrogen and oxygen atoms in total. The number of nitrogens with zero attached hydrogens (tertiary/aromatic N) is 1. The quantitative estimate of drug-likeness (QED) is 0.574. The van der Waals surface area contributed by atoms with Crippen LogP contribution in [0.5, 0.6) is 5.75 Å². The van der Waals surface area contributed by atoms with E-state index in [2.05, 4.69) is 16.1 Å². The van der Waals surface area contributed by atoms with Crippen molar-refractivity contribution in [2.45, 2.75) is 12.6 Å². The Balaban J connectivity index is 1.37. The Kier molecular flexibility index (Phi) is 5.09. The molecule has 0 bridgehead atoms. The number of amides is 2. The van der Waals surface area contributed by atoms with Gasteiger partial charge in [0, 0.05) is 22.7 Å². The Bertz CT molecular complexity index is 1110. The van der Waals surface area contributed by atoms with E-state index in [-0.39, 0.29) is 23.8 Å². The number of benzene rings is 2. The number of hydrazine groups is 1. The van der Waals surface area contributed by atoms with Gasteiger partial charge in [-0.2, -0.15) is 0 Å². The Morgan fingerprint density at radius 2 is 2.06 bits per heavy atom. The van der Waals surface area contributed by atoms with E-state index in [1.54, 1.807) is 23.5 Å². The predicted octanol–water partition coefficient (Wildman–Crippen LogP) is 3.32. The maximum Gasteiger partial charge on any atom is 0.251 e. The van der Waals surface area contributed by atoms with Crippen LogP contribution in [0.15, 0.2) is 60.0 Å². The second kappa shape index (κ2) is 8.05. The van der Waals surface area contributed by atoms with E-state index in [0.29, 0.717) is 18.7 Å². The number of fused-ring (bicyclic) bond motifs is 3. The second-order valence-corrected chi connectivity index (χ2v) is 8.56. The summed E-state index contributed by atoms with van der Waals surface area (Å²) in [5, 5.41) is 9.88. The lowest BCUT2D eigenvalue weighted by molar-refractivity contribution is -0.120. The molecule has 2 amide bonds. The molecule has 0 saturated carbocycles. The zero-order valence-corrected chi connectivity index (χ0v) is 17.7. The molecule has 0 spiro atoms. The molecule has 1 aromatic heterocycles. The van der Waals surface area contributed by atoms with Crippen LogP contribution in [0.1, 0.15) is 26.8 Å². The summed E-state index contributed by atoms with van der Waals surface area (Å²) in [6.45, 7) is 1.04. The SMILES string of the molecule is COc1ccc(N2NC3c4cc(C(=O)NCc5cccs5)ccc4NCC3C2=O)cc1. The van der Waals surface area contributed by atoms with Crippen molar-refractivity contribution in [2.75, 3.05) is 24.0 Å². The number of methoxy groups -OCH3 is 1. The molecule has 1 fully saturated rings. The molecule has 3 aromatic rings. The summed E-state index contributed by atoms with van der Waals surface area (Å²) in [7, 11) is 1.61. The number of ether oxygens (including phenoxy) is 1. The summed E-state index contributed by atoms with van der Waals surface area (Å²) in [5.74, 6) is 0.354. The third-order valence-electron chi connectivity index (χ3n) is 5.70. The monoisotopic (exact) mass is 434 g/mol. The molecule has 2 aliphatic rings. The minimum atomic E-state index is -0.251. The molecule has 8 heteroatoms. The lowest BCUT2D eigenvalue weighted by atomic mass is 9.88. The number of carbonyl (C=O) groups is 2. The van der Waals surface area contributed by atoms with Crippen molar-refractivity contribution in [3.8, 4) is 5.75 Å². The van der Waals surface area contributed by atoms with Gasteiger partial charge in [-0.05, 0) is 59.5 Å². The van der Waals surface area contributed by atoms with Gasteiger partial charge in [0.25, 0.3) is 5.91 Å². The van der Waals surface area contributed by atoms with Crippen molar-refractivity contribution >= 4 is 34.5 Å². The summed E-state index contributed by atoms with van der Waals surface area (Å²) in [6.07, 6.45) is 0. The summed E-state index contributed by atoms with van der Waals surface area (Å²) < 4.78 is 5.21. The average Bonchev–Trinajstić information content (AvgIpc) is 3.45. The highest BCUT2D eigenvalue weighted by molar-refractivity contribution is 7.09. The van der Waals surface area contributed by atoms with Crippen LogP contribution in [-0.4, -0.2) is 25.5 Å². The third-order valence-corrected chi connectivity index (χ3v) is 6.58. The number of carbonyl (C=O) groups excluding carboxylic acids is 2. The predicted molar refractivity (Wildman–Crippen MR) is 120 cm³/mol. The Labute approximate surface area is 184 Å². The van der Waals surface area contributed by atoms with Gasteiger partial charge in [-0.3, -0.25) is 9.59 Å². The van der Waals surface area contributed by atoms with Crippen LogP contribution in [-0.2, 0) is 11.3 Å². The normalized spacial score (nSPS) is 19.4. The van der Waals surface area contributed by atoms with Crippen molar-refractivity contribution < 1.29 is 14.3 Å². The van der Waals surface area contributed by atoms with Crippen molar-refractivity contribution in [3.05, 3.63) is 76.0 Å². The molecule has 0 radical (unpaired) electrons. The van der Waals surface area contributed by atoms with Gasteiger partial charge in [0.1, 0.15) is 5.75 Å². The highest BCUT2D eigenvalue weighted by atomic mass is 32.1. The Morgan fingerprint density at radius 3 is 2.81 bits per heavy atom. The first-order valence-corrected chi connectivity index (χ1v) is 10.9. The van der Waals surface area contributed by atoms with Gasteiger partial charge in [-0.25, -0.2) is 10.4 Å². The maximum atomic E-state index is 13.1. The van der Waals surface area contributed by atoms with Crippen molar-refractivity contribution in [2.24, 2.45) is 5.92 Å². The number of nitrogens with one attached hydrogen (secondary N) is 3. The lowest BCUT2D eigenvalue weighted by Crippen LogP contribution is -2.35. The molecule has 2 aliphatic heterocycles. The average molecular weight is 435 g/mol. The van der Waals surface area contributed by atoms with Gasteiger partial charge in [0.15, 0.2) is 0 Å². The smallest absolute Gasteiger partial charge is 0.251 e. The van der Waals surface area contributed by atoms with Crippen LogP contribution in [0, 0.1) is 5.92 Å². The molecule has 5 rings (SSSR count). The van der Waals surface area contributed by atoms with E-state index in [0.717, 1.165) is 27.6 Å². The number of thiophene rings is 1. The zero-order chi connectivity index (χ0) is 21.4. The molecule has 2 unspecified atom stereocenters. The third kappa shape index (κ3) is 3.64. The minimum absolute atomic E-state index is 0.000803. The summed E-state index contributed by atoms with van der Waals surface area (Å²) >= 11 is 1.61. The maximum absolute atomic E-state index is 13.1. The fourth-order valence-corrected chi connectivity index (χ4v) is 4.69. The Hall–Kier alpha value is -3.36. The first-order chi connectivity index (χ1) is 15.1. The van der Waals surface area contributed by atoms with Gasteiger partial charge >= 0.3 is 0 Å². The summed E-state index contributed by atoms with van der Waals surface area (Å²) in [6, 6.07) is 16.7. The molecule has 1 saturated heterocycles. The number of hydrogen-bond acceptors (Lipinski definition) is 6. The zero-order valence-electron chi connectivity index (χ0n) is 16.9.